The molecule has 1 aliphatic heterocycles. The van der Waals surface area contributed by atoms with Gasteiger partial charge in [0, 0.05) is 23.3 Å². The van der Waals surface area contributed by atoms with E-state index in [2.05, 4.69) is 20.3 Å². The van der Waals surface area contributed by atoms with Crippen molar-refractivity contribution in [3.05, 3.63) is 69.9 Å². The predicted molar refractivity (Wildman–Crippen MR) is 91.6 cm³/mol. The summed E-state index contributed by atoms with van der Waals surface area (Å²) in [4.78, 5) is 33.3. The third-order valence-electron chi connectivity index (χ3n) is 4.02. The van der Waals surface area contributed by atoms with Crippen molar-refractivity contribution >= 4 is 16.9 Å². The molecule has 6 heteroatoms. The Morgan fingerprint density at radius 1 is 1.12 bits per heavy atom. The fraction of sp³-hybridized carbons (Fsp3) is 0.222. The van der Waals surface area contributed by atoms with Crippen LogP contribution in [0.1, 0.15) is 29.7 Å². The van der Waals surface area contributed by atoms with E-state index in [1.54, 1.807) is 19.3 Å². The minimum Gasteiger partial charge on any atom is -0.350 e. The fourth-order valence-corrected chi connectivity index (χ4v) is 2.60. The average Bonchev–Trinajstić information content (AvgIpc) is 2.60. The van der Waals surface area contributed by atoms with Gasteiger partial charge in [0.2, 0.25) is 5.91 Å². The molecule has 1 aliphatic rings. The molecule has 2 N–H and O–H groups in total. The number of carbonyl (C=O) groups excluding carboxylic acids is 1. The summed E-state index contributed by atoms with van der Waals surface area (Å²) >= 11 is 0. The maximum Gasteiger partial charge on any atom is 0.252 e. The number of amides is 1. The lowest BCUT2D eigenvalue weighted by Crippen LogP contribution is -2.33. The third kappa shape index (κ3) is 3.17. The number of H-pyrrole nitrogens is 1. The summed E-state index contributed by atoms with van der Waals surface area (Å²) in [5.74, 6) is 0.0398. The van der Waals surface area contributed by atoms with Crippen LogP contribution in [0.15, 0.2) is 47.5 Å². The van der Waals surface area contributed by atoms with Gasteiger partial charge in [-0.15, -0.1) is 0 Å². The standard InChI is InChI=1S/C9H10N2O.C9H8N2O/c1-6-7-3-2-4-10-8(7)5-11-9(6)12;1-6-5-7-3-2-4-10-8(7)11-9(6)12/h2-4,6H,5H2,1H3,(H,11,12);2-5H,1H3,(H,10,11,12). The maximum atomic E-state index is 11.2. The van der Waals surface area contributed by atoms with E-state index in [0.29, 0.717) is 12.2 Å². The molecular weight excluding hydrogens is 304 g/mol. The second-order valence-electron chi connectivity index (χ2n) is 5.70. The Kier molecular flexibility index (Phi) is 4.37. The zero-order chi connectivity index (χ0) is 17.1. The Hall–Kier alpha value is -3.02. The van der Waals surface area contributed by atoms with E-state index in [1.165, 1.54) is 0 Å². The zero-order valence-corrected chi connectivity index (χ0v) is 13.5. The predicted octanol–water partition coefficient (Wildman–Crippen LogP) is 2.05. The van der Waals surface area contributed by atoms with Crippen LogP contribution in [0.5, 0.6) is 0 Å². The van der Waals surface area contributed by atoms with E-state index in [1.807, 2.05) is 37.3 Å². The molecule has 0 saturated heterocycles. The highest BCUT2D eigenvalue weighted by atomic mass is 16.2. The van der Waals surface area contributed by atoms with Gasteiger partial charge in [0.1, 0.15) is 5.65 Å². The number of rotatable bonds is 0. The van der Waals surface area contributed by atoms with E-state index < -0.39 is 0 Å². The first-order valence-corrected chi connectivity index (χ1v) is 7.72. The molecular formula is C18H18N4O2. The molecule has 0 aliphatic carbocycles. The molecule has 4 heterocycles. The molecule has 0 bridgehead atoms. The summed E-state index contributed by atoms with van der Waals surface area (Å²) < 4.78 is 0. The smallest absolute Gasteiger partial charge is 0.252 e. The van der Waals surface area contributed by atoms with Crippen LogP contribution < -0.4 is 10.9 Å². The molecule has 1 atom stereocenters. The first-order chi connectivity index (χ1) is 11.6. The van der Waals surface area contributed by atoms with E-state index in [0.717, 1.165) is 22.2 Å². The van der Waals surface area contributed by atoms with Crippen molar-refractivity contribution in [1.82, 2.24) is 20.3 Å². The number of hydrogen-bond donors (Lipinski definition) is 2. The summed E-state index contributed by atoms with van der Waals surface area (Å²) in [6, 6.07) is 9.44. The fourth-order valence-electron chi connectivity index (χ4n) is 2.60. The highest BCUT2D eigenvalue weighted by Gasteiger charge is 2.23. The van der Waals surface area contributed by atoms with Crippen molar-refractivity contribution in [2.75, 3.05) is 0 Å². The monoisotopic (exact) mass is 322 g/mol. The maximum absolute atomic E-state index is 11.2. The Morgan fingerprint density at radius 2 is 1.88 bits per heavy atom. The van der Waals surface area contributed by atoms with Crippen molar-refractivity contribution in [2.24, 2.45) is 0 Å². The number of aromatic amines is 1. The van der Waals surface area contributed by atoms with Crippen molar-refractivity contribution in [3.8, 4) is 0 Å². The number of hydrogen-bond acceptors (Lipinski definition) is 4. The lowest BCUT2D eigenvalue weighted by molar-refractivity contribution is -0.122. The molecule has 0 aromatic carbocycles. The van der Waals surface area contributed by atoms with Crippen molar-refractivity contribution in [3.63, 3.8) is 0 Å². The molecule has 0 saturated carbocycles. The zero-order valence-electron chi connectivity index (χ0n) is 13.5. The van der Waals surface area contributed by atoms with Gasteiger partial charge in [0.25, 0.3) is 5.56 Å². The van der Waals surface area contributed by atoms with Crippen LogP contribution in [0.4, 0.5) is 0 Å². The van der Waals surface area contributed by atoms with E-state index in [9.17, 15) is 9.59 Å². The van der Waals surface area contributed by atoms with Gasteiger partial charge >= 0.3 is 0 Å². The lowest BCUT2D eigenvalue weighted by atomic mass is 9.95. The minimum absolute atomic E-state index is 0.0533. The number of fused-ring (bicyclic) bond motifs is 2. The molecule has 3 aromatic heterocycles. The largest absolute Gasteiger partial charge is 0.350 e. The molecule has 6 nitrogen and oxygen atoms in total. The van der Waals surface area contributed by atoms with Gasteiger partial charge in [-0.3, -0.25) is 14.6 Å². The highest BCUT2D eigenvalue weighted by Crippen LogP contribution is 2.21. The van der Waals surface area contributed by atoms with Gasteiger partial charge < -0.3 is 10.3 Å². The number of nitrogens with zero attached hydrogens (tertiary/aromatic N) is 2. The summed E-state index contributed by atoms with van der Waals surface area (Å²) in [6.45, 7) is 4.25. The number of aryl methyl sites for hydroxylation is 1. The van der Waals surface area contributed by atoms with Gasteiger partial charge in [-0.2, -0.15) is 0 Å². The normalized spacial score (nSPS) is 15.9. The second kappa shape index (κ2) is 6.62. The Bertz CT molecular complexity index is 949. The number of aromatic nitrogens is 3. The molecule has 1 unspecified atom stereocenters. The Morgan fingerprint density at radius 3 is 2.71 bits per heavy atom. The van der Waals surface area contributed by atoms with Crippen LogP contribution in [0.25, 0.3) is 11.0 Å². The Balaban J connectivity index is 0.000000141. The van der Waals surface area contributed by atoms with Gasteiger partial charge in [0.05, 0.1) is 18.2 Å². The van der Waals surface area contributed by atoms with Gasteiger partial charge in [-0.05, 0) is 43.7 Å². The van der Waals surface area contributed by atoms with E-state index in [4.69, 9.17) is 0 Å². The first kappa shape index (κ1) is 15.9. The van der Waals surface area contributed by atoms with Crippen LogP contribution in [-0.4, -0.2) is 20.9 Å². The number of pyridine rings is 3. The number of carbonyl (C=O) groups is 1. The summed E-state index contributed by atoms with van der Waals surface area (Å²) in [7, 11) is 0. The SMILES string of the molecule is CC1C(=O)NCc2ncccc21.Cc1cc2cccnc2[nH]c1=O. The summed E-state index contributed by atoms with van der Waals surface area (Å²) in [5, 5.41) is 3.75. The van der Waals surface area contributed by atoms with Crippen molar-refractivity contribution in [2.45, 2.75) is 26.3 Å². The van der Waals surface area contributed by atoms with E-state index in [-0.39, 0.29) is 17.4 Å². The van der Waals surface area contributed by atoms with Crippen LogP contribution in [0.3, 0.4) is 0 Å². The van der Waals surface area contributed by atoms with Gasteiger partial charge in [0.15, 0.2) is 0 Å². The minimum atomic E-state index is -0.0683. The third-order valence-corrected chi connectivity index (χ3v) is 4.02. The molecule has 24 heavy (non-hydrogen) atoms. The summed E-state index contributed by atoms with van der Waals surface area (Å²) in [5.41, 5.74) is 3.34. The molecule has 1 amide bonds. The summed E-state index contributed by atoms with van der Waals surface area (Å²) in [6.07, 6.45) is 3.41. The molecule has 0 radical (unpaired) electrons. The molecule has 122 valence electrons. The topological polar surface area (TPSA) is 87.7 Å². The Labute approximate surface area is 139 Å². The molecule has 3 aromatic rings. The van der Waals surface area contributed by atoms with Crippen molar-refractivity contribution in [1.29, 1.82) is 0 Å². The van der Waals surface area contributed by atoms with Crippen LogP contribution in [-0.2, 0) is 11.3 Å². The molecule has 0 spiro atoms. The first-order valence-electron chi connectivity index (χ1n) is 7.72. The molecule has 0 fully saturated rings. The van der Waals surface area contributed by atoms with Gasteiger partial charge in [-0.1, -0.05) is 6.07 Å². The van der Waals surface area contributed by atoms with Gasteiger partial charge in [-0.25, -0.2) is 4.98 Å². The van der Waals surface area contributed by atoms with Crippen LogP contribution in [0, 0.1) is 6.92 Å². The quantitative estimate of drug-likeness (QED) is 0.663. The van der Waals surface area contributed by atoms with Crippen molar-refractivity contribution < 1.29 is 4.79 Å². The van der Waals surface area contributed by atoms with Crippen LogP contribution in [0.2, 0.25) is 0 Å². The highest BCUT2D eigenvalue weighted by molar-refractivity contribution is 5.84. The van der Waals surface area contributed by atoms with E-state index >= 15 is 0 Å². The van der Waals surface area contributed by atoms with Crippen LogP contribution >= 0.6 is 0 Å². The molecule has 4 rings (SSSR count). The lowest BCUT2D eigenvalue weighted by Gasteiger charge is -2.20. The number of nitrogens with one attached hydrogen (secondary N) is 2. The average molecular weight is 322 g/mol. The second-order valence-corrected chi connectivity index (χ2v) is 5.70.